The van der Waals surface area contributed by atoms with Crippen LogP contribution in [0.4, 0.5) is 4.39 Å². The summed E-state index contributed by atoms with van der Waals surface area (Å²) in [4.78, 5) is 9.08. The summed E-state index contributed by atoms with van der Waals surface area (Å²) in [6, 6.07) is 13.1. The van der Waals surface area contributed by atoms with Gasteiger partial charge in [-0.3, -0.25) is 0 Å². The van der Waals surface area contributed by atoms with Crippen LogP contribution in [0.2, 0.25) is 0 Å². The Morgan fingerprint density at radius 1 is 1.10 bits per heavy atom. The fourth-order valence-corrected chi connectivity index (χ4v) is 4.27. The van der Waals surface area contributed by atoms with Crippen molar-refractivity contribution in [2.45, 2.75) is 39.2 Å². The fraction of sp³-hybridized carbons (Fsp3) is 0.240. The van der Waals surface area contributed by atoms with Crippen molar-refractivity contribution in [3.05, 3.63) is 94.8 Å². The second kappa shape index (κ2) is 7.95. The van der Waals surface area contributed by atoms with Gasteiger partial charge in [0.25, 0.3) is 0 Å². The molecule has 3 heterocycles. The van der Waals surface area contributed by atoms with Crippen molar-refractivity contribution in [3.63, 3.8) is 0 Å². The standard InChI is InChI=1S/C25H24FN5/c1-17-13-19(8-10-23(17)30-15-18(2)27-16-30)9-11-24-28-25-22(7-4-12-31(25)29-24)20-5-3-6-21(26)14-20/h3,5-6,8-11,13-16,22H,4,7,12H2,1-2H3/b11-9+/t22-/m1/s1. The van der Waals surface area contributed by atoms with Crippen molar-refractivity contribution in [3.8, 4) is 5.69 Å². The highest BCUT2D eigenvalue weighted by molar-refractivity contribution is 5.68. The molecule has 2 aromatic heterocycles. The lowest BCUT2D eigenvalue weighted by atomic mass is 9.91. The van der Waals surface area contributed by atoms with Crippen LogP contribution in [0.25, 0.3) is 17.8 Å². The maximum atomic E-state index is 13.7. The van der Waals surface area contributed by atoms with Crippen LogP contribution in [0.3, 0.4) is 0 Å². The summed E-state index contributed by atoms with van der Waals surface area (Å²) in [6.45, 7) is 4.93. The molecule has 0 unspecified atom stereocenters. The molecule has 0 saturated carbocycles. The Labute approximate surface area is 180 Å². The van der Waals surface area contributed by atoms with Gasteiger partial charge in [0.15, 0.2) is 5.82 Å². The molecule has 5 rings (SSSR count). The second-order valence-electron chi connectivity index (χ2n) is 8.10. The molecule has 156 valence electrons. The first kappa shape index (κ1) is 19.4. The minimum absolute atomic E-state index is 0.0827. The van der Waals surface area contributed by atoms with E-state index in [1.807, 2.05) is 46.9 Å². The van der Waals surface area contributed by atoms with Crippen LogP contribution in [0.5, 0.6) is 0 Å². The van der Waals surface area contributed by atoms with E-state index >= 15 is 0 Å². The fourth-order valence-electron chi connectivity index (χ4n) is 4.27. The van der Waals surface area contributed by atoms with E-state index in [2.05, 4.69) is 35.2 Å². The minimum atomic E-state index is -0.209. The molecule has 31 heavy (non-hydrogen) atoms. The molecule has 1 aliphatic heterocycles. The lowest BCUT2D eigenvalue weighted by Gasteiger charge is -2.22. The van der Waals surface area contributed by atoms with Gasteiger partial charge in [-0.25, -0.2) is 19.0 Å². The molecule has 1 atom stereocenters. The molecule has 0 aliphatic carbocycles. The first-order valence-corrected chi connectivity index (χ1v) is 10.6. The average molecular weight is 414 g/mol. The van der Waals surface area contributed by atoms with Crippen molar-refractivity contribution >= 4 is 12.2 Å². The van der Waals surface area contributed by atoms with Crippen LogP contribution in [0.1, 0.15) is 52.8 Å². The van der Waals surface area contributed by atoms with Crippen LogP contribution in [-0.4, -0.2) is 24.3 Å². The smallest absolute Gasteiger partial charge is 0.174 e. The van der Waals surface area contributed by atoms with E-state index in [0.29, 0.717) is 5.82 Å². The zero-order valence-electron chi connectivity index (χ0n) is 17.7. The van der Waals surface area contributed by atoms with Gasteiger partial charge >= 0.3 is 0 Å². The van der Waals surface area contributed by atoms with Crippen LogP contribution >= 0.6 is 0 Å². The van der Waals surface area contributed by atoms with Crippen molar-refractivity contribution in [2.24, 2.45) is 0 Å². The zero-order valence-corrected chi connectivity index (χ0v) is 17.7. The number of aryl methyl sites for hydroxylation is 3. The predicted molar refractivity (Wildman–Crippen MR) is 119 cm³/mol. The third-order valence-electron chi connectivity index (χ3n) is 5.78. The molecular weight excluding hydrogens is 389 g/mol. The Hall–Kier alpha value is -3.54. The molecule has 0 fully saturated rings. The van der Waals surface area contributed by atoms with Gasteiger partial charge in [0, 0.05) is 24.3 Å². The predicted octanol–water partition coefficient (Wildman–Crippen LogP) is 5.32. The van der Waals surface area contributed by atoms with Gasteiger partial charge in [-0.05, 0) is 73.7 Å². The van der Waals surface area contributed by atoms with Crippen molar-refractivity contribution < 1.29 is 4.39 Å². The Kier molecular flexibility index (Phi) is 4.98. The molecule has 4 aromatic rings. The van der Waals surface area contributed by atoms with Gasteiger partial charge in [-0.2, -0.15) is 5.10 Å². The van der Waals surface area contributed by atoms with Crippen molar-refractivity contribution in [1.29, 1.82) is 0 Å². The molecule has 0 saturated heterocycles. The highest BCUT2D eigenvalue weighted by Gasteiger charge is 2.25. The molecule has 1 aliphatic rings. The first-order chi connectivity index (χ1) is 15.1. The minimum Gasteiger partial charge on any atom is -0.306 e. The molecule has 0 spiro atoms. The zero-order chi connectivity index (χ0) is 21.4. The molecule has 0 amide bonds. The van der Waals surface area contributed by atoms with Crippen molar-refractivity contribution in [1.82, 2.24) is 24.3 Å². The molecule has 0 radical (unpaired) electrons. The lowest BCUT2D eigenvalue weighted by molar-refractivity contribution is 0.444. The number of imidazole rings is 1. The number of hydrogen-bond acceptors (Lipinski definition) is 3. The number of fused-ring (bicyclic) bond motifs is 1. The van der Waals surface area contributed by atoms with Gasteiger partial charge < -0.3 is 4.57 Å². The van der Waals surface area contributed by atoms with E-state index in [1.54, 1.807) is 12.1 Å². The molecule has 6 heteroatoms. The summed E-state index contributed by atoms with van der Waals surface area (Å²) in [6.07, 6.45) is 9.81. The highest BCUT2D eigenvalue weighted by Crippen LogP contribution is 2.32. The summed E-state index contributed by atoms with van der Waals surface area (Å²) in [5.41, 5.74) is 5.33. The summed E-state index contributed by atoms with van der Waals surface area (Å²) in [5.74, 6) is 1.47. The largest absolute Gasteiger partial charge is 0.306 e. The van der Waals surface area contributed by atoms with Gasteiger partial charge in [-0.1, -0.05) is 24.3 Å². The number of hydrogen-bond donors (Lipinski definition) is 0. The number of halogens is 1. The van der Waals surface area contributed by atoms with Gasteiger partial charge in [0.2, 0.25) is 0 Å². The third kappa shape index (κ3) is 3.93. The van der Waals surface area contributed by atoms with E-state index in [-0.39, 0.29) is 11.7 Å². The van der Waals surface area contributed by atoms with Crippen LogP contribution in [-0.2, 0) is 6.54 Å². The SMILES string of the molecule is Cc1cn(-c2ccc(/C=C/c3nc4n(n3)CCC[C@@H]4c3cccc(F)c3)cc2C)cn1. The summed E-state index contributed by atoms with van der Waals surface area (Å²) in [5, 5.41) is 4.67. The second-order valence-corrected chi connectivity index (χ2v) is 8.10. The normalized spacial score (nSPS) is 16.0. The molecular formula is C25H24FN5. The quantitative estimate of drug-likeness (QED) is 0.455. The number of benzene rings is 2. The first-order valence-electron chi connectivity index (χ1n) is 10.6. The molecule has 2 aromatic carbocycles. The topological polar surface area (TPSA) is 48.5 Å². The lowest BCUT2D eigenvalue weighted by Crippen LogP contribution is -2.18. The van der Waals surface area contributed by atoms with E-state index in [9.17, 15) is 4.39 Å². The third-order valence-corrected chi connectivity index (χ3v) is 5.78. The maximum absolute atomic E-state index is 13.7. The highest BCUT2D eigenvalue weighted by atomic mass is 19.1. The van der Waals surface area contributed by atoms with E-state index < -0.39 is 0 Å². The Bertz CT molecular complexity index is 1270. The Balaban J connectivity index is 1.39. The van der Waals surface area contributed by atoms with E-state index in [4.69, 9.17) is 4.98 Å². The summed E-state index contributed by atoms with van der Waals surface area (Å²) in [7, 11) is 0. The van der Waals surface area contributed by atoms with Crippen LogP contribution in [0.15, 0.2) is 55.0 Å². The van der Waals surface area contributed by atoms with Gasteiger partial charge in [0.05, 0.1) is 12.0 Å². The average Bonchev–Trinajstić information content (AvgIpc) is 3.38. The summed E-state index contributed by atoms with van der Waals surface area (Å²) < 4.78 is 17.7. The Morgan fingerprint density at radius 3 is 2.77 bits per heavy atom. The van der Waals surface area contributed by atoms with E-state index in [1.165, 1.54) is 11.6 Å². The number of aromatic nitrogens is 5. The summed E-state index contributed by atoms with van der Waals surface area (Å²) >= 11 is 0. The molecule has 0 N–H and O–H groups in total. The monoisotopic (exact) mass is 413 g/mol. The van der Waals surface area contributed by atoms with E-state index in [0.717, 1.165) is 47.7 Å². The van der Waals surface area contributed by atoms with Crippen LogP contribution in [0, 0.1) is 19.7 Å². The van der Waals surface area contributed by atoms with Crippen molar-refractivity contribution in [2.75, 3.05) is 0 Å². The molecule has 5 nitrogen and oxygen atoms in total. The number of nitrogens with zero attached hydrogens (tertiary/aromatic N) is 5. The van der Waals surface area contributed by atoms with Crippen LogP contribution < -0.4 is 0 Å². The van der Waals surface area contributed by atoms with Gasteiger partial charge in [-0.15, -0.1) is 0 Å². The number of rotatable bonds is 4. The maximum Gasteiger partial charge on any atom is 0.174 e. The van der Waals surface area contributed by atoms with Gasteiger partial charge in [0.1, 0.15) is 11.6 Å². The molecule has 0 bridgehead atoms. The Morgan fingerprint density at radius 2 is 2.00 bits per heavy atom.